The number of halogens is 3. The Kier molecular flexibility index (Phi) is 3.39. The van der Waals surface area contributed by atoms with Gasteiger partial charge in [0.25, 0.3) is 0 Å². The van der Waals surface area contributed by atoms with Gasteiger partial charge >= 0.3 is 6.18 Å². The van der Waals surface area contributed by atoms with Crippen molar-refractivity contribution in [2.24, 2.45) is 0 Å². The summed E-state index contributed by atoms with van der Waals surface area (Å²) in [7, 11) is 0. The molecular weight excluding hydrogens is 253 g/mol. The Bertz CT molecular complexity index is 391. The number of carbonyl (C=O) groups excluding carboxylic acids is 1. The Balaban J connectivity index is 2.11. The van der Waals surface area contributed by atoms with Crippen LogP contribution in [0, 0.1) is 0 Å². The van der Waals surface area contributed by atoms with Crippen molar-refractivity contribution in [1.82, 2.24) is 10.2 Å². The maximum absolute atomic E-state index is 12.8. The Morgan fingerprint density at radius 3 is 2.88 bits per heavy atom. The van der Waals surface area contributed by atoms with Gasteiger partial charge in [0, 0.05) is 18.0 Å². The van der Waals surface area contributed by atoms with Crippen molar-refractivity contribution in [3.63, 3.8) is 0 Å². The van der Waals surface area contributed by atoms with Crippen molar-refractivity contribution >= 4 is 17.2 Å². The zero-order valence-corrected chi connectivity index (χ0v) is 9.64. The van der Waals surface area contributed by atoms with Crippen LogP contribution in [0.25, 0.3) is 0 Å². The van der Waals surface area contributed by atoms with Crippen LogP contribution in [0.15, 0.2) is 17.5 Å². The van der Waals surface area contributed by atoms with Gasteiger partial charge in [0.05, 0.1) is 6.54 Å². The normalized spacial score (nSPS) is 22.5. The zero-order valence-electron chi connectivity index (χ0n) is 8.83. The number of rotatable bonds is 2. The molecule has 1 N–H and O–H groups in total. The summed E-state index contributed by atoms with van der Waals surface area (Å²) in [5.41, 5.74) is 0. The van der Waals surface area contributed by atoms with Crippen molar-refractivity contribution in [1.29, 1.82) is 0 Å². The molecule has 3 nitrogen and oxygen atoms in total. The molecule has 94 valence electrons. The van der Waals surface area contributed by atoms with Crippen molar-refractivity contribution in [2.75, 3.05) is 13.1 Å². The predicted molar refractivity (Wildman–Crippen MR) is 57.6 cm³/mol. The molecule has 1 atom stereocenters. The second-order valence-corrected chi connectivity index (χ2v) is 4.88. The standard InChI is InChI=1S/C10H11F3N2OS/c11-10(12,13)8-4-14-9(16)6-15(8)5-7-2-1-3-17-7/h1-3,8H,4-6H2,(H,14,16). The summed E-state index contributed by atoms with van der Waals surface area (Å²) in [5, 5.41) is 4.06. The first-order valence-corrected chi connectivity index (χ1v) is 5.94. The van der Waals surface area contributed by atoms with E-state index >= 15 is 0 Å². The third-order valence-electron chi connectivity index (χ3n) is 2.60. The molecule has 1 aliphatic rings. The molecule has 17 heavy (non-hydrogen) atoms. The monoisotopic (exact) mass is 264 g/mol. The van der Waals surface area contributed by atoms with Crippen LogP contribution in [0.1, 0.15) is 4.88 Å². The minimum absolute atomic E-state index is 0.162. The molecule has 0 bridgehead atoms. The summed E-state index contributed by atoms with van der Waals surface area (Å²) >= 11 is 1.39. The molecule has 0 aliphatic carbocycles. The Morgan fingerprint density at radius 2 is 2.29 bits per heavy atom. The molecular formula is C10H11F3N2OS. The fraction of sp³-hybridized carbons (Fsp3) is 0.500. The largest absolute Gasteiger partial charge is 0.405 e. The maximum Gasteiger partial charge on any atom is 0.405 e. The number of hydrogen-bond donors (Lipinski definition) is 1. The predicted octanol–water partition coefficient (Wildman–Crippen LogP) is 1.61. The van der Waals surface area contributed by atoms with Gasteiger partial charge in [-0.05, 0) is 11.4 Å². The fourth-order valence-electron chi connectivity index (χ4n) is 1.78. The third kappa shape index (κ3) is 2.98. The van der Waals surface area contributed by atoms with Crippen molar-refractivity contribution in [2.45, 2.75) is 18.8 Å². The van der Waals surface area contributed by atoms with Crippen molar-refractivity contribution in [3.8, 4) is 0 Å². The lowest BCUT2D eigenvalue weighted by atomic mass is 10.1. The van der Waals surface area contributed by atoms with Crippen LogP contribution in [-0.4, -0.2) is 36.1 Å². The van der Waals surface area contributed by atoms with E-state index in [4.69, 9.17) is 0 Å². The highest BCUT2D eigenvalue weighted by molar-refractivity contribution is 7.09. The maximum atomic E-state index is 12.8. The van der Waals surface area contributed by atoms with Gasteiger partial charge in [-0.1, -0.05) is 6.07 Å². The third-order valence-corrected chi connectivity index (χ3v) is 3.46. The van der Waals surface area contributed by atoms with E-state index in [0.717, 1.165) is 4.88 Å². The van der Waals surface area contributed by atoms with Crippen LogP contribution >= 0.6 is 11.3 Å². The number of piperazine rings is 1. The van der Waals surface area contributed by atoms with Gasteiger partial charge < -0.3 is 5.32 Å². The molecule has 1 unspecified atom stereocenters. The molecule has 2 heterocycles. The number of alkyl halides is 3. The quantitative estimate of drug-likeness (QED) is 0.880. The van der Waals surface area contributed by atoms with Gasteiger partial charge in [0.2, 0.25) is 5.91 Å². The molecule has 0 spiro atoms. The summed E-state index contributed by atoms with van der Waals surface area (Å²) in [5.74, 6) is -0.359. The van der Waals surface area contributed by atoms with E-state index in [9.17, 15) is 18.0 Å². The highest BCUT2D eigenvalue weighted by atomic mass is 32.1. The van der Waals surface area contributed by atoms with E-state index in [0.29, 0.717) is 0 Å². The van der Waals surface area contributed by atoms with Crippen LogP contribution in [-0.2, 0) is 11.3 Å². The summed E-state index contributed by atoms with van der Waals surface area (Å²) in [6.45, 7) is -0.412. The van der Waals surface area contributed by atoms with Crippen LogP contribution in [0.3, 0.4) is 0 Å². The summed E-state index contributed by atoms with van der Waals surface area (Å²) in [6, 6.07) is 1.96. The average Bonchev–Trinajstić information content (AvgIpc) is 2.68. The van der Waals surface area contributed by atoms with E-state index in [1.54, 1.807) is 12.1 Å². The van der Waals surface area contributed by atoms with Gasteiger partial charge in [0.1, 0.15) is 6.04 Å². The van der Waals surface area contributed by atoms with Crippen LogP contribution < -0.4 is 5.32 Å². The molecule has 2 rings (SSSR count). The molecule has 0 aromatic carbocycles. The Hall–Kier alpha value is -1.08. The average molecular weight is 264 g/mol. The molecule has 1 aromatic rings. The summed E-state index contributed by atoms with van der Waals surface area (Å²) in [6.07, 6.45) is -4.31. The lowest BCUT2D eigenvalue weighted by Crippen LogP contribution is -2.59. The molecule has 1 aliphatic heterocycles. The SMILES string of the molecule is O=C1CN(Cc2cccs2)C(C(F)(F)F)CN1. The lowest BCUT2D eigenvalue weighted by molar-refractivity contribution is -0.190. The topological polar surface area (TPSA) is 32.3 Å². The van der Waals surface area contributed by atoms with Crippen LogP contribution in [0.2, 0.25) is 0 Å². The smallest absolute Gasteiger partial charge is 0.353 e. The second kappa shape index (κ2) is 4.66. The minimum atomic E-state index is -4.31. The Labute approximate surface area is 100 Å². The molecule has 7 heteroatoms. The van der Waals surface area contributed by atoms with Gasteiger partial charge in [0.15, 0.2) is 0 Å². The Morgan fingerprint density at radius 1 is 1.53 bits per heavy atom. The van der Waals surface area contributed by atoms with Gasteiger partial charge in [-0.25, -0.2) is 0 Å². The fourth-order valence-corrected chi connectivity index (χ4v) is 2.51. The molecule has 1 saturated heterocycles. The number of thiophene rings is 1. The van der Waals surface area contributed by atoms with E-state index in [2.05, 4.69) is 5.32 Å². The van der Waals surface area contributed by atoms with Gasteiger partial charge in [-0.2, -0.15) is 13.2 Å². The first-order chi connectivity index (χ1) is 7.97. The lowest BCUT2D eigenvalue weighted by Gasteiger charge is -2.36. The van der Waals surface area contributed by atoms with Crippen molar-refractivity contribution in [3.05, 3.63) is 22.4 Å². The molecule has 1 fully saturated rings. The highest BCUT2D eigenvalue weighted by Gasteiger charge is 2.46. The van der Waals surface area contributed by atoms with E-state index < -0.39 is 12.2 Å². The van der Waals surface area contributed by atoms with E-state index in [1.165, 1.54) is 16.2 Å². The second-order valence-electron chi connectivity index (χ2n) is 3.85. The molecule has 0 saturated carbocycles. The molecule has 0 radical (unpaired) electrons. The number of nitrogens with one attached hydrogen (secondary N) is 1. The van der Waals surface area contributed by atoms with Gasteiger partial charge in [-0.15, -0.1) is 11.3 Å². The number of nitrogens with zero attached hydrogens (tertiary/aromatic N) is 1. The van der Waals surface area contributed by atoms with E-state index in [1.807, 2.05) is 5.38 Å². The number of carbonyl (C=O) groups is 1. The summed E-state index contributed by atoms with van der Waals surface area (Å²) < 4.78 is 38.3. The van der Waals surface area contributed by atoms with Gasteiger partial charge in [-0.3, -0.25) is 9.69 Å². The summed E-state index contributed by atoms with van der Waals surface area (Å²) in [4.78, 5) is 13.2. The molecule has 1 aromatic heterocycles. The number of amides is 1. The number of hydrogen-bond acceptors (Lipinski definition) is 3. The van der Waals surface area contributed by atoms with Crippen LogP contribution in [0.5, 0.6) is 0 Å². The zero-order chi connectivity index (χ0) is 12.5. The van der Waals surface area contributed by atoms with Crippen LogP contribution in [0.4, 0.5) is 13.2 Å². The minimum Gasteiger partial charge on any atom is -0.353 e. The molecule has 1 amide bonds. The highest BCUT2D eigenvalue weighted by Crippen LogP contribution is 2.27. The van der Waals surface area contributed by atoms with E-state index in [-0.39, 0.29) is 25.5 Å². The van der Waals surface area contributed by atoms with Crippen molar-refractivity contribution < 1.29 is 18.0 Å². The first-order valence-electron chi connectivity index (χ1n) is 5.06. The first kappa shape index (κ1) is 12.4.